The van der Waals surface area contributed by atoms with Gasteiger partial charge in [-0.05, 0) is 72.7 Å². The molecule has 0 aromatic carbocycles. The van der Waals surface area contributed by atoms with Crippen LogP contribution in [0.15, 0.2) is 16.6 Å². The number of hydrogen-bond acceptors (Lipinski definition) is 4. The molecule has 0 radical (unpaired) electrons. The van der Waals surface area contributed by atoms with Crippen LogP contribution in [0.1, 0.15) is 41.5 Å². The first-order chi connectivity index (χ1) is 10.4. The van der Waals surface area contributed by atoms with E-state index in [4.69, 9.17) is 13.5 Å². The molecule has 0 spiro atoms. The topological polar surface area (TPSA) is 44.8 Å². The second-order valence-corrected chi connectivity index (χ2v) is 13.2. The highest BCUT2D eigenvalue weighted by molar-refractivity contribution is 7.58. The fraction of sp³-hybridized carbons (Fsp3) is 0.706. The van der Waals surface area contributed by atoms with Gasteiger partial charge >= 0.3 is 7.60 Å². The molecule has 23 heavy (non-hydrogen) atoms. The summed E-state index contributed by atoms with van der Waals surface area (Å²) in [5.74, 6) is 6.00. The SMILES string of the molecule is CCOP(=O)(OCC)C(=C=C(C)C)C#CC(C)(C)O[Si](C)(C)C. The molecule has 0 atom stereocenters. The first kappa shape index (κ1) is 22.4. The van der Waals surface area contributed by atoms with Crippen molar-refractivity contribution in [2.45, 2.75) is 66.8 Å². The monoisotopic (exact) mass is 358 g/mol. The summed E-state index contributed by atoms with van der Waals surface area (Å²) in [6.45, 7) is 18.0. The van der Waals surface area contributed by atoms with E-state index < -0.39 is 21.5 Å². The standard InChI is InChI=1S/C17H31O4PSi/c1-10-19-22(18,20-11-2)16(14-15(3)4)12-13-17(5,6)21-23(7,8)9/h10-11H2,1-9H3. The van der Waals surface area contributed by atoms with Crippen LogP contribution in [0.5, 0.6) is 0 Å². The predicted octanol–water partition coefficient (Wildman–Crippen LogP) is 5.34. The third-order valence-corrected chi connectivity index (χ3v) is 5.37. The molecule has 132 valence electrons. The third-order valence-electron chi connectivity index (χ3n) is 2.28. The highest BCUT2D eigenvalue weighted by atomic mass is 31.2. The summed E-state index contributed by atoms with van der Waals surface area (Å²) in [5.41, 5.74) is 3.25. The quantitative estimate of drug-likeness (QED) is 0.267. The van der Waals surface area contributed by atoms with E-state index in [-0.39, 0.29) is 18.5 Å². The van der Waals surface area contributed by atoms with Crippen LogP contribution < -0.4 is 0 Å². The van der Waals surface area contributed by atoms with Gasteiger partial charge in [0, 0.05) is 0 Å². The molecule has 0 saturated carbocycles. The number of hydrogen-bond donors (Lipinski definition) is 0. The predicted molar refractivity (Wildman–Crippen MR) is 99.0 cm³/mol. The van der Waals surface area contributed by atoms with Gasteiger partial charge < -0.3 is 13.5 Å². The van der Waals surface area contributed by atoms with Crippen molar-refractivity contribution in [2.75, 3.05) is 13.2 Å². The Morgan fingerprint density at radius 1 is 1.09 bits per heavy atom. The van der Waals surface area contributed by atoms with E-state index in [2.05, 4.69) is 37.2 Å². The average Bonchev–Trinajstić information content (AvgIpc) is 2.31. The van der Waals surface area contributed by atoms with Crippen LogP contribution in [-0.2, 0) is 18.0 Å². The Hall–Kier alpha value is -0.593. The fourth-order valence-electron chi connectivity index (χ4n) is 1.91. The molecule has 4 nitrogen and oxygen atoms in total. The maximum atomic E-state index is 13.0. The van der Waals surface area contributed by atoms with E-state index in [0.717, 1.165) is 5.57 Å². The lowest BCUT2D eigenvalue weighted by atomic mass is 10.1. The normalized spacial score (nSPS) is 12.2. The van der Waals surface area contributed by atoms with Crippen molar-refractivity contribution in [2.24, 2.45) is 0 Å². The minimum atomic E-state index is -3.45. The van der Waals surface area contributed by atoms with Crippen molar-refractivity contribution >= 4 is 15.9 Å². The molecule has 0 rings (SSSR count). The summed E-state index contributed by atoms with van der Waals surface area (Å²) in [6, 6.07) is 0. The zero-order chi connectivity index (χ0) is 18.3. The summed E-state index contributed by atoms with van der Waals surface area (Å²) in [7, 11) is -5.20. The molecule has 0 aliphatic rings. The van der Waals surface area contributed by atoms with E-state index >= 15 is 0 Å². The molecule has 0 aliphatic heterocycles. The van der Waals surface area contributed by atoms with E-state index in [1.807, 2.05) is 27.7 Å². The van der Waals surface area contributed by atoms with Gasteiger partial charge in [-0.3, -0.25) is 4.57 Å². The van der Waals surface area contributed by atoms with Gasteiger partial charge in [0.15, 0.2) is 13.6 Å². The Labute approximate surface area is 143 Å². The Kier molecular flexibility index (Phi) is 8.80. The van der Waals surface area contributed by atoms with Gasteiger partial charge in [-0.25, -0.2) is 0 Å². The molecule has 0 amide bonds. The van der Waals surface area contributed by atoms with Crippen molar-refractivity contribution in [3.05, 3.63) is 16.6 Å². The summed E-state index contributed by atoms with van der Waals surface area (Å²) in [4.78, 5) is 0. The first-order valence-electron chi connectivity index (χ1n) is 7.92. The van der Waals surface area contributed by atoms with Crippen molar-refractivity contribution in [3.8, 4) is 11.8 Å². The lowest BCUT2D eigenvalue weighted by molar-refractivity contribution is 0.164. The van der Waals surface area contributed by atoms with Gasteiger partial charge in [0.05, 0.1) is 13.2 Å². The van der Waals surface area contributed by atoms with Gasteiger partial charge in [0.2, 0.25) is 0 Å². The van der Waals surface area contributed by atoms with Gasteiger partial charge in [-0.15, -0.1) is 0 Å². The Morgan fingerprint density at radius 2 is 1.57 bits per heavy atom. The second-order valence-electron chi connectivity index (χ2n) is 6.78. The van der Waals surface area contributed by atoms with E-state index in [1.165, 1.54) is 0 Å². The largest absolute Gasteiger partial charge is 0.402 e. The second kappa shape index (κ2) is 9.04. The molecule has 0 unspecified atom stereocenters. The van der Waals surface area contributed by atoms with Crippen LogP contribution in [0.2, 0.25) is 19.6 Å². The lowest BCUT2D eigenvalue weighted by Crippen LogP contribution is -2.37. The van der Waals surface area contributed by atoms with Crippen molar-refractivity contribution in [1.29, 1.82) is 0 Å². The molecule has 0 bridgehead atoms. The maximum absolute atomic E-state index is 13.0. The van der Waals surface area contributed by atoms with E-state index in [9.17, 15) is 4.57 Å². The van der Waals surface area contributed by atoms with Crippen LogP contribution in [0.25, 0.3) is 0 Å². The minimum absolute atomic E-state index is 0.258. The first-order valence-corrected chi connectivity index (χ1v) is 12.9. The molecule has 0 aromatic rings. The molecule has 0 fully saturated rings. The fourth-order valence-corrected chi connectivity index (χ4v) is 5.06. The number of rotatable bonds is 7. The van der Waals surface area contributed by atoms with E-state index in [0.29, 0.717) is 0 Å². The molecule has 0 N–H and O–H groups in total. The molecule has 0 aliphatic carbocycles. The van der Waals surface area contributed by atoms with Crippen LogP contribution in [0, 0.1) is 11.8 Å². The number of allylic oxidation sites excluding steroid dienone is 1. The molecule has 6 heteroatoms. The summed E-state index contributed by atoms with van der Waals surface area (Å²) < 4.78 is 29.8. The summed E-state index contributed by atoms with van der Waals surface area (Å²) in [5, 5.41) is 0.258. The van der Waals surface area contributed by atoms with Crippen molar-refractivity contribution in [1.82, 2.24) is 0 Å². The zero-order valence-electron chi connectivity index (χ0n) is 16.0. The van der Waals surface area contributed by atoms with Gasteiger partial charge in [-0.2, -0.15) is 0 Å². The Bertz CT molecular complexity index is 556. The van der Waals surface area contributed by atoms with E-state index in [1.54, 1.807) is 13.8 Å². The molecule has 0 aromatic heterocycles. The van der Waals surface area contributed by atoms with Crippen LogP contribution in [-0.4, -0.2) is 27.1 Å². The van der Waals surface area contributed by atoms with Crippen LogP contribution in [0.4, 0.5) is 0 Å². The summed E-state index contributed by atoms with van der Waals surface area (Å²) in [6.07, 6.45) is 0. The molecular formula is C17H31O4PSi. The Balaban J connectivity index is 5.88. The van der Waals surface area contributed by atoms with Crippen molar-refractivity contribution in [3.63, 3.8) is 0 Å². The highest BCUT2D eigenvalue weighted by Gasteiger charge is 2.30. The average molecular weight is 358 g/mol. The highest BCUT2D eigenvalue weighted by Crippen LogP contribution is 2.55. The Morgan fingerprint density at radius 3 is 1.91 bits per heavy atom. The minimum Gasteiger partial charge on any atom is -0.402 e. The van der Waals surface area contributed by atoms with Gasteiger partial charge in [0.1, 0.15) is 5.60 Å². The summed E-state index contributed by atoms with van der Waals surface area (Å²) >= 11 is 0. The molecule has 0 saturated heterocycles. The van der Waals surface area contributed by atoms with Crippen LogP contribution >= 0.6 is 7.60 Å². The van der Waals surface area contributed by atoms with Gasteiger partial charge in [-0.1, -0.05) is 11.7 Å². The van der Waals surface area contributed by atoms with Crippen molar-refractivity contribution < 1.29 is 18.0 Å². The smallest absolute Gasteiger partial charge is 0.377 e. The maximum Gasteiger partial charge on any atom is 0.377 e. The zero-order valence-corrected chi connectivity index (χ0v) is 17.9. The molecule has 0 heterocycles. The lowest BCUT2D eigenvalue weighted by Gasteiger charge is -2.28. The van der Waals surface area contributed by atoms with Gasteiger partial charge in [0.25, 0.3) is 0 Å². The van der Waals surface area contributed by atoms with Crippen LogP contribution in [0.3, 0.4) is 0 Å². The third kappa shape index (κ3) is 9.32. The molecular weight excluding hydrogens is 327 g/mol.